The Bertz CT molecular complexity index is 997. The molecule has 0 fully saturated rings. The number of rotatable bonds is 7. The van der Waals surface area contributed by atoms with Gasteiger partial charge in [0.2, 0.25) is 0 Å². The van der Waals surface area contributed by atoms with Gasteiger partial charge in [-0.1, -0.05) is 12.1 Å². The molecule has 3 N–H and O–H groups in total. The van der Waals surface area contributed by atoms with E-state index in [2.05, 4.69) is 16.0 Å². The smallest absolute Gasteiger partial charge is 0.412 e. The molecule has 0 saturated carbocycles. The van der Waals surface area contributed by atoms with Gasteiger partial charge in [0.15, 0.2) is 6.61 Å². The molecule has 0 heterocycles. The normalized spacial score (nSPS) is 10.6. The number of esters is 1. The third-order valence-electron chi connectivity index (χ3n) is 3.82. The van der Waals surface area contributed by atoms with Crippen molar-refractivity contribution >= 4 is 35.3 Å². The van der Waals surface area contributed by atoms with Crippen LogP contribution in [0.2, 0.25) is 0 Å². The minimum Gasteiger partial charge on any atom is -0.452 e. The van der Waals surface area contributed by atoms with Gasteiger partial charge in [-0.05, 0) is 64.1 Å². The molecule has 0 spiro atoms. The van der Waals surface area contributed by atoms with Crippen LogP contribution in [-0.4, -0.2) is 42.6 Å². The summed E-state index contributed by atoms with van der Waals surface area (Å²) in [5, 5.41) is 7.78. The number of carbonyl (C=O) groups is 4. The number of ether oxygens (including phenoxy) is 2. The van der Waals surface area contributed by atoms with Gasteiger partial charge < -0.3 is 20.1 Å². The van der Waals surface area contributed by atoms with Crippen molar-refractivity contribution in [3.05, 3.63) is 59.7 Å². The Morgan fingerprint density at radius 3 is 2.09 bits per heavy atom. The first-order chi connectivity index (χ1) is 15.1. The lowest BCUT2D eigenvalue weighted by Gasteiger charge is -2.19. The second-order valence-corrected chi connectivity index (χ2v) is 7.77. The van der Waals surface area contributed by atoms with Gasteiger partial charge in [0, 0.05) is 23.5 Å². The lowest BCUT2D eigenvalue weighted by molar-refractivity contribution is -0.119. The van der Waals surface area contributed by atoms with Crippen molar-refractivity contribution in [3.63, 3.8) is 0 Å². The first-order valence-electron chi connectivity index (χ1n) is 10.0. The summed E-state index contributed by atoms with van der Waals surface area (Å²) in [6, 6.07) is 12.5. The maximum atomic E-state index is 12.3. The van der Waals surface area contributed by atoms with Crippen LogP contribution in [0.25, 0.3) is 0 Å². The lowest BCUT2D eigenvalue weighted by Crippen LogP contribution is -2.27. The van der Waals surface area contributed by atoms with E-state index in [9.17, 15) is 19.2 Å². The number of hydrogen-bond donors (Lipinski definition) is 3. The lowest BCUT2D eigenvalue weighted by atomic mass is 10.2. The van der Waals surface area contributed by atoms with Crippen LogP contribution in [0.1, 0.15) is 48.4 Å². The van der Waals surface area contributed by atoms with Crippen molar-refractivity contribution in [1.29, 1.82) is 0 Å². The molecule has 2 rings (SSSR count). The molecule has 9 nitrogen and oxygen atoms in total. The highest BCUT2D eigenvalue weighted by Crippen LogP contribution is 2.15. The second-order valence-electron chi connectivity index (χ2n) is 7.77. The molecule has 0 aliphatic heterocycles. The number of carbonyl (C=O) groups excluding carboxylic acids is 4. The zero-order valence-corrected chi connectivity index (χ0v) is 18.5. The molecular formula is C23H27N3O6. The Labute approximate surface area is 186 Å². The minimum absolute atomic E-state index is 0.157. The van der Waals surface area contributed by atoms with Gasteiger partial charge in [-0.25, -0.2) is 9.59 Å². The van der Waals surface area contributed by atoms with Gasteiger partial charge in [0.05, 0.1) is 5.56 Å². The summed E-state index contributed by atoms with van der Waals surface area (Å²) in [6.45, 7) is 6.99. The van der Waals surface area contributed by atoms with E-state index in [0.717, 1.165) is 0 Å². The van der Waals surface area contributed by atoms with Crippen molar-refractivity contribution in [1.82, 2.24) is 5.32 Å². The fraction of sp³-hybridized carbons (Fsp3) is 0.304. The molecule has 2 aromatic rings. The number of anilines is 2. The van der Waals surface area contributed by atoms with E-state index in [-0.39, 0.29) is 11.5 Å². The van der Waals surface area contributed by atoms with Crippen LogP contribution in [0, 0.1) is 0 Å². The van der Waals surface area contributed by atoms with Crippen LogP contribution in [0.15, 0.2) is 48.5 Å². The standard InChI is InChI=1S/C23H27N3O6/c1-5-24-20(28)15-8-6-10-17(12-15)25-19(27)14-31-21(29)16-9-7-11-18(13-16)26-22(30)32-23(2,3)4/h6-13H,5,14H2,1-4H3,(H,24,28)(H,25,27)(H,26,30). The number of amides is 3. The molecule has 9 heteroatoms. The Morgan fingerprint density at radius 2 is 1.47 bits per heavy atom. The summed E-state index contributed by atoms with van der Waals surface area (Å²) >= 11 is 0. The van der Waals surface area contributed by atoms with E-state index in [1.54, 1.807) is 58.0 Å². The van der Waals surface area contributed by atoms with Crippen molar-refractivity contribution < 1.29 is 28.7 Å². The summed E-state index contributed by atoms with van der Waals surface area (Å²) < 4.78 is 10.2. The highest BCUT2D eigenvalue weighted by atomic mass is 16.6. The Hall–Kier alpha value is -3.88. The third kappa shape index (κ3) is 8.10. The fourth-order valence-electron chi connectivity index (χ4n) is 2.56. The quantitative estimate of drug-likeness (QED) is 0.565. The third-order valence-corrected chi connectivity index (χ3v) is 3.82. The first kappa shape index (κ1) is 24.4. The van der Waals surface area contributed by atoms with Gasteiger partial charge in [0.25, 0.3) is 11.8 Å². The van der Waals surface area contributed by atoms with Crippen LogP contribution in [0.5, 0.6) is 0 Å². The Balaban J connectivity index is 1.91. The van der Waals surface area contributed by atoms with Crippen molar-refractivity contribution in [2.24, 2.45) is 0 Å². The van der Waals surface area contributed by atoms with Gasteiger partial charge in [-0.15, -0.1) is 0 Å². The molecule has 0 unspecified atom stereocenters. The summed E-state index contributed by atoms with van der Waals surface area (Å²) in [5.74, 6) is -1.55. The van der Waals surface area contributed by atoms with Gasteiger partial charge in [-0.3, -0.25) is 14.9 Å². The van der Waals surface area contributed by atoms with E-state index in [4.69, 9.17) is 9.47 Å². The summed E-state index contributed by atoms with van der Waals surface area (Å²) in [7, 11) is 0. The van der Waals surface area contributed by atoms with Crippen LogP contribution in [0.4, 0.5) is 16.2 Å². The average molecular weight is 441 g/mol. The molecule has 0 bridgehead atoms. The molecule has 3 amide bonds. The average Bonchev–Trinajstić information content (AvgIpc) is 2.71. The highest BCUT2D eigenvalue weighted by Gasteiger charge is 2.17. The van der Waals surface area contributed by atoms with Gasteiger partial charge in [0.1, 0.15) is 5.60 Å². The maximum absolute atomic E-state index is 12.3. The number of hydrogen-bond acceptors (Lipinski definition) is 6. The number of nitrogens with one attached hydrogen (secondary N) is 3. The van der Waals surface area contributed by atoms with Crippen LogP contribution < -0.4 is 16.0 Å². The topological polar surface area (TPSA) is 123 Å². The molecule has 0 saturated heterocycles. The van der Waals surface area contributed by atoms with Crippen molar-refractivity contribution in [2.45, 2.75) is 33.3 Å². The zero-order chi connectivity index (χ0) is 23.7. The molecule has 170 valence electrons. The molecule has 0 aliphatic rings. The summed E-state index contributed by atoms with van der Waals surface area (Å²) in [5.41, 5.74) is 0.645. The van der Waals surface area contributed by atoms with E-state index in [0.29, 0.717) is 23.5 Å². The fourth-order valence-corrected chi connectivity index (χ4v) is 2.56. The predicted octanol–water partition coefficient (Wildman–Crippen LogP) is 3.58. The molecule has 2 aromatic carbocycles. The molecule has 0 radical (unpaired) electrons. The Morgan fingerprint density at radius 1 is 0.875 bits per heavy atom. The highest BCUT2D eigenvalue weighted by molar-refractivity contribution is 5.98. The molecule has 0 aliphatic carbocycles. The SMILES string of the molecule is CCNC(=O)c1cccc(NC(=O)COC(=O)c2cccc(NC(=O)OC(C)(C)C)c2)c1. The Kier molecular flexibility index (Phi) is 8.34. The summed E-state index contributed by atoms with van der Waals surface area (Å²) in [6.07, 6.45) is -0.655. The first-order valence-corrected chi connectivity index (χ1v) is 10.0. The van der Waals surface area contributed by atoms with E-state index in [1.165, 1.54) is 18.2 Å². The van der Waals surface area contributed by atoms with Crippen molar-refractivity contribution in [3.8, 4) is 0 Å². The van der Waals surface area contributed by atoms with Crippen LogP contribution in [-0.2, 0) is 14.3 Å². The maximum Gasteiger partial charge on any atom is 0.412 e. The van der Waals surface area contributed by atoms with E-state index < -0.39 is 30.2 Å². The van der Waals surface area contributed by atoms with E-state index >= 15 is 0 Å². The molecule has 0 atom stereocenters. The second kappa shape index (κ2) is 10.9. The molecular weight excluding hydrogens is 414 g/mol. The minimum atomic E-state index is -0.732. The van der Waals surface area contributed by atoms with Crippen molar-refractivity contribution in [2.75, 3.05) is 23.8 Å². The zero-order valence-electron chi connectivity index (χ0n) is 18.5. The molecule has 32 heavy (non-hydrogen) atoms. The van der Waals surface area contributed by atoms with Gasteiger partial charge in [-0.2, -0.15) is 0 Å². The van der Waals surface area contributed by atoms with Gasteiger partial charge >= 0.3 is 12.1 Å². The largest absolute Gasteiger partial charge is 0.452 e. The van der Waals surface area contributed by atoms with Crippen LogP contribution >= 0.6 is 0 Å². The summed E-state index contributed by atoms with van der Waals surface area (Å²) in [4.78, 5) is 48.2. The number of benzene rings is 2. The predicted molar refractivity (Wildman–Crippen MR) is 120 cm³/mol. The monoisotopic (exact) mass is 441 g/mol. The van der Waals surface area contributed by atoms with Crippen LogP contribution in [0.3, 0.4) is 0 Å². The van der Waals surface area contributed by atoms with E-state index in [1.807, 2.05) is 0 Å². The molecule has 0 aromatic heterocycles.